The Balaban J connectivity index is 1.66. The number of hydrogen-bond donors (Lipinski definition) is 1. The second kappa shape index (κ2) is 7.65. The van der Waals surface area contributed by atoms with Gasteiger partial charge in [0.25, 0.3) is 5.91 Å². The third kappa shape index (κ3) is 4.17. The lowest BCUT2D eigenvalue weighted by molar-refractivity contribution is 0.0955. The summed E-state index contributed by atoms with van der Waals surface area (Å²) in [6, 6.07) is 6.31. The Hall–Kier alpha value is -2.41. The van der Waals surface area contributed by atoms with Gasteiger partial charge in [0, 0.05) is 46.6 Å². The largest absolute Gasteiger partial charge is 0.363 e. The molecule has 1 aliphatic heterocycles. The highest BCUT2D eigenvalue weighted by Gasteiger charge is 2.23. The van der Waals surface area contributed by atoms with Crippen molar-refractivity contribution in [2.24, 2.45) is 0 Å². The van der Waals surface area contributed by atoms with Crippen molar-refractivity contribution in [2.45, 2.75) is 25.4 Å². The highest BCUT2D eigenvalue weighted by molar-refractivity contribution is 5.91. The summed E-state index contributed by atoms with van der Waals surface area (Å²) in [5.41, 5.74) is 1.75. The number of rotatable bonds is 5. The summed E-state index contributed by atoms with van der Waals surface area (Å²) in [6.07, 6.45) is 6.00. The zero-order chi connectivity index (χ0) is 17.8. The molecule has 25 heavy (non-hydrogen) atoms. The lowest BCUT2D eigenvalue weighted by Gasteiger charge is -2.33. The van der Waals surface area contributed by atoms with Crippen LogP contribution in [-0.4, -0.2) is 59.8 Å². The summed E-state index contributed by atoms with van der Waals surface area (Å²) in [4.78, 5) is 20.5. The van der Waals surface area contributed by atoms with Gasteiger partial charge in [0.05, 0.1) is 6.04 Å². The molecule has 1 atom stereocenters. The number of nitrogens with one attached hydrogen (secondary N) is 1. The Morgan fingerprint density at radius 2 is 2.24 bits per heavy atom. The highest BCUT2D eigenvalue weighted by atomic mass is 16.1. The number of likely N-dealkylation sites (tertiary alicyclic amines) is 1. The van der Waals surface area contributed by atoms with Gasteiger partial charge in [-0.2, -0.15) is 5.10 Å². The Morgan fingerprint density at radius 1 is 1.40 bits per heavy atom. The van der Waals surface area contributed by atoms with E-state index in [1.165, 1.54) is 5.56 Å². The van der Waals surface area contributed by atoms with Crippen molar-refractivity contribution < 1.29 is 4.79 Å². The van der Waals surface area contributed by atoms with E-state index in [0.717, 1.165) is 38.3 Å². The number of hydrogen-bond acceptors (Lipinski definition) is 5. The first-order valence-corrected chi connectivity index (χ1v) is 8.68. The highest BCUT2D eigenvalue weighted by Crippen LogP contribution is 2.23. The molecule has 0 unspecified atom stereocenters. The normalized spacial score (nSPS) is 18.1. The molecule has 2 aromatic rings. The number of carbonyl (C=O) groups excluding carboxylic acids is 1. The van der Waals surface area contributed by atoms with Crippen LogP contribution in [0.15, 0.2) is 30.6 Å². The molecular weight excluding hydrogens is 316 g/mol. The van der Waals surface area contributed by atoms with Crippen molar-refractivity contribution in [3.63, 3.8) is 0 Å². The van der Waals surface area contributed by atoms with E-state index < -0.39 is 0 Å². The first-order chi connectivity index (χ1) is 12.1. The van der Waals surface area contributed by atoms with Crippen LogP contribution in [0.3, 0.4) is 0 Å². The van der Waals surface area contributed by atoms with Crippen LogP contribution in [0, 0.1) is 0 Å². The molecule has 1 aliphatic rings. The van der Waals surface area contributed by atoms with Gasteiger partial charge in [0.1, 0.15) is 11.5 Å². The number of pyridine rings is 1. The van der Waals surface area contributed by atoms with E-state index in [-0.39, 0.29) is 5.91 Å². The predicted molar refractivity (Wildman–Crippen MR) is 97.7 cm³/mol. The number of anilines is 1. The molecule has 1 amide bonds. The lowest BCUT2D eigenvalue weighted by Crippen LogP contribution is -2.36. The van der Waals surface area contributed by atoms with Crippen molar-refractivity contribution in [1.29, 1.82) is 0 Å². The fourth-order valence-electron chi connectivity index (χ4n) is 3.24. The minimum absolute atomic E-state index is 0.139. The van der Waals surface area contributed by atoms with E-state index in [1.54, 1.807) is 13.1 Å². The van der Waals surface area contributed by atoms with Crippen LogP contribution in [0.4, 0.5) is 5.82 Å². The number of piperidine rings is 1. The molecule has 134 valence electrons. The molecule has 0 aliphatic carbocycles. The van der Waals surface area contributed by atoms with Gasteiger partial charge in [-0.25, -0.2) is 4.98 Å². The Bertz CT molecular complexity index is 726. The summed E-state index contributed by atoms with van der Waals surface area (Å²) in [5.74, 6) is 0.841. The van der Waals surface area contributed by atoms with Crippen molar-refractivity contribution in [3.05, 3.63) is 41.9 Å². The molecule has 1 fully saturated rings. The lowest BCUT2D eigenvalue weighted by atomic mass is 10.1. The fraction of sp³-hybridized carbons (Fsp3) is 0.500. The van der Waals surface area contributed by atoms with E-state index >= 15 is 0 Å². The fourth-order valence-corrected chi connectivity index (χ4v) is 3.24. The molecule has 7 heteroatoms. The Morgan fingerprint density at radius 3 is 3.00 bits per heavy atom. The summed E-state index contributed by atoms with van der Waals surface area (Å²) in [6.45, 7) is 2.93. The first kappa shape index (κ1) is 17.4. The van der Waals surface area contributed by atoms with Gasteiger partial charge in [-0.3, -0.25) is 14.4 Å². The maximum atomic E-state index is 11.7. The van der Waals surface area contributed by atoms with Gasteiger partial charge in [0.2, 0.25) is 0 Å². The second-order valence-corrected chi connectivity index (χ2v) is 6.71. The summed E-state index contributed by atoms with van der Waals surface area (Å²) in [7, 11) is 5.63. The number of carbonyl (C=O) groups is 1. The molecule has 0 radical (unpaired) electrons. The molecule has 3 heterocycles. The topological polar surface area (TPSA) is 66.3 Å². The average Bonchev–Trinajstić information content (AvgIpc) is 3.11. The van der Waals surface area contributed by atoms with E-state index in [9.17, 15) is 4.79 Å². The van der Waals surface area contributed by atoms with Crippen molar-refractivity contribution >= 4 is 11.7 Å². The molecule has 0 aromatic carbocycles. The molecule has 0 bridgehead atoms. The Kier molecular flexibility index (Phi) is 5.33. The Labute approximate surface area is 148 Å². The minimum atomic E-state index is -0.139. The molecule has 1 N–H and O–H groups in total. The van der Waals surface area contributed by atoms with Gasteiger partial charge in [-0.05, 0) is 43.1 Å². The maximum absolute atomic E-state index is 11.7. The van der Waals surface area contributed by atoms with Crippen LogP contribution in [0.2, 0.25) is 0 Å². The van der Waals surface area contributed by atoms with Crippen LogP contribution in [0.5, 0.6) is 0 Å². The standard InChI is InChI=1S/C18H26N6O/c1-19-18(25)16-7-10-24(21-16)15-5-4-9-23(13-15)12-14-6-8-20-17(11-14)22(2)3/h6-8,10-11,15H,4-5,9,12-13H2,1-3H3,(H,19,25)/t15-/m1/s1. The van der Waals surface area contributed by atoms with E-state index in [1.807, 2.05) is 36.1 Å². The third-order valence-corrected chi connectivity index (χ3v) is 4.60. The van der Waals surface area contributed by atoms with Crippen LogP contribution in [0.1, 0.15) is 34.9 Å². The van der Waals surface area contributed by atoms with Crippen molar-refractivity contribution in [3.8, 4) is 0 Å². The zero-order valence-corrected chi connectivity index (χ0v) is 15.1. The third-order valence-electron chi connectivity index (χ3n) is 4.60. The van der Waals surface area contributed by atoms with Crippen LogP contribution in [-0.2, 0) is 6.54 Å². The monoisotopic (exact) mass is 342 g/mol. The molecule has 0 spiro atoms. The number of aromatic nitrogens is 3. The summed E-state index contributed by atoms with van der Waals surface area (Å²) >= 11 is 0. The van der Waals surface area contributed by atoms with E-state index in [0.29, 0.717) is 11.7 Å². The molecule has 2 aromatic heterocycles. The van der Waals surface area contributed by atoms with Gasteiger partial charge < -0.3 is 10.2 Å². The predicted octanol–water partition coefficient (Wildman–Crippen LogP) is 1.54. The summed E-state index contributed by atoms with van der Waals surface area (Å²) in [5, 5.41) is 7.06. The SMILES string of the molecule is CNC(=O)c1ccn([C@@H]2CCCN(Cc3ccnc(N(C)C)c3)C2)n1. The second-order valence-electron chi connectivity index (χ2n) is 6.71. The van der Waals surface area contributed by atoms with Gasteiger partial charge in [-0.15, -0.1) is 0 Å². The molecule has 1 saturated heterocycles. The van der Waals surface area contributed by atoms with Crippen LogP contribution < -0.4 is 10.2 Å². The summed E-state index contributed by atoms with van der Waals surface area (Å²) < 4.78 is 1.94. The van der Waals surface area contributed by atoms with Crippen molar-refractivity contribution in [2.75, 3.05) is 39.1 Å². The quantitative estimate of drug-likeness (QED) is 0.893. The molecule has 3 rings (SSSR count). The van der Waals surface area contributed by atoms with Crippen molar-refractivity contribution in [1.82, 2.24) is 25.0 Å². The smallest absolute Gasteiger partial charge is 0.271 e. The van der Waals surface area contributed by atoms with Crippen LogP contribution in [0.25, 0.3) is 0 Å². The van der Waals surface area contributed by atoms with Gasteiger partial charge in [0.15, 0.2) is 0 Å². The average molecular weight is 342 g/mol. The first-order valence-electron chi connectivity index (χ1n) is 8.68. The van der Waals surface area contributed by atoms with Gasteiger partial charge in [-0.1, -0.05) is 0 Å². The van der Waals surface area contributed by atoms with Gasteiger partial charge >= 0.3 is 0 Å². The molecule has 0 saturated carbocycles. The van der Waals surface area contributed by atoms with Crippen LogP contribution >= 0.6 is 0 Å². The molecular formula is C18H26N6O. The number of amides is 1. The molecule has 7 nitrogen and oxygen atoms in total. The van der Waals surface area contributed by atoms with E-state index in [2.05, 4.69) is 32.4 Å². The maximum Gasteiger partial charge on any atom is 0.271 e. The van der Waals surface area contributed by atoms with E-state index in [4.69, 9.17) is 0 Å². The number of nitrogens with zero attached hydrogens (tertiary/aromatic N) is 5. The zero-order valence-electron chi connectivity index (χ0n) is 15.1. The minimum Gasteiger partial charge on any atom is -0.363 e.